The smallest absolute Gasteiger partial charge is 0.310 e. The molecule has 2 aromatic carbocycles. The van der Waals surface area contributed by atoms with Gasteiger partial charge in [-0.25, -0.2) is 0 Å². The van der Waals surface area contributed by atoms with E-state index in [9.17, 15) is 14.4 Å². The van der Waals surface area contributed by atoms with Gasteiger partial charge in [0, 0.05) is 18.2 Å². The number of hydrogen-bond acceptors (Lipinski definition) is 4. The number of esters is 1. The fraction of sp³-hybridized carbons (Fsp3) is 0.286. The Balaban J connectivity index is 1.94. The van der Waals surface area contributed by atoms with Gasteiger partial charge in [0.05, 0.1) is 6.42 Å². The normalized spacial score (nSPS) is 11.5. The summed E-state index contributed by atoms with van der Waals surface area (Å²) in [5, 5.41) is 2.66. The number of anilines is 1. The van der Waals surface area contributed by atoms with Crippen LogP contribution in [0.5, 0.6) is 0 Å². The van der Waals surface area contributed by atoms with E-state index >= 15 is 0 Å². The van der Waals surface area contributed by atoms with Crippen LogP contribution >= 0.6 is 0 Å². The molecular weight excluding hydrogens is 330 g/mol. The highest BCUT2D eigenvalue weighted by molar-refractivity contribution is 6.00. The maximum absolute atomic E-state index is 12.4. The van der Waals surface area contributed by atoms with Crippen molar-refractivity contribution in [3.8, 4) is 0 Å². The number of Topliss-reactive ketones (excluding diaryl/α,β-unsaturated/α-hetero) is 1. The van der Waals surface area contributed by atoms with Crippen LogP contribution in [0, 0.1) is 13.8 Å². The van der Waals surface area contributed by atoms with Crippen LogP contribution in [0.15, 0.2) is 42.5 Å². The van der Waals surface area contributed by atoms with Crippen molar-refractivity contribution in [2.45, 2.75) is 40.2 Å². The lowest BCUT2D eigenvalue weighted by Crippen LogP contribution is -2.25. The van der Waals surface area contributed by atoms with Crippen LogP contribution in [0.25, 0.3) is 0 Å². The van der Waals surface area contributed by atoms with Crippen molar-refractivity contribution in [1.82, 2.24) is 0 Å². The first-order chi connectivity index (χ1) is 12.3. The zero-order valence-corrected chi connectivity index (χ0v) is 15.5. The molecule has 5 nitrogen and oxygen atoms in total. The summed E-state index contributed by atoms with van der Waals surface area (Å²) in [7, 11) is 0. The Bertz CT molecular complexity index is 824. The number of carbonyl (C=O) groups is 3. The number of amides is 1. The van der Waals surface area contributed by atoms with E-state index in [1.807, 2.05) is 26.0 Å². The minimum atomic E-state index is -0.844. The van der Waals surface area contributed by atoms with Crippen molar-refractivity contribution < 1.29 is 19.1 Å². The van der Waals surface area contributed by atoms with Crippen LogP contribution in [0.1, 0.15) is 40.9 Å². The topological polar surface area (TPSA) is 72.5 Å². The molecule has 136 valence electrons. The van der Waals surface area contributed by atoms with E-state index in [0.29, 0.717) is 11.3 Å². The quantitative estimate of drug-likeness (QED) is 0.636. The SMILES string of the molecule is CC(=O)Nc1ccc(CC(=O)OC(C)C(=O)c2ccc(C)c(C)c2)cc1. The van der Waals surface area contributed by atoms with Crippen LogP contribution < -0.4 is 5.32 Å². The van der Waals surface area contributed by atoms with E-state index < -0.39 is 12.1 Å². The van der Waals surface area contributed by atoms with Gasteiger partial charge < -0.3 is 10.1 Å². The molecule has 0 bridgehead atoms. The minimum absolute atomic E-state index is 0.0604. The summed E-state index contributed by atoms with van der Waals surface area (Å²) in [5.74, 6) is -0.847. The highest BCUT2D eigenvalue weighted by Gasteiger charge is 2.20. The molecule has 1 unspecified atom stereocenters. The van der Waals surface area contributed by atoms with Crippen molar-refractivity contribution in [3.63, 3.8) is 0 Å². The molecule has 1 amide bonds. The van der Waals surface area contributed by atoms with Crippen LogP contribution in [0.3, 0.4) is 0 Å². The number of rotatable bonds is 6. The fourth-order valence-electron chi connectivity index (χ4n) is 2.50. The Morgan fingerprint density at radius 3 is 2.23 bits per heavy atom. The average molecular weight is 353 g/mol. The Morgan fingerprint density at radius 1 is 1.00 bits per heavy atom. The van der Waals surface area contributed by atoms with Gasteiger partial charge in [-0.1, -0.05) is 24.3 Å². The van der Waals surface area contributed by atoms with Crippen molar-refractivity contribution in [3.05, 3.63) is 64.7 Å². The second-order valence-corrected chi connectivity index (χ2v) is 6.35. The van der Waals surface area contributed by atoms with E-state index in [1.54, 1.807) is 37.3 Å². The van der Waals surface area contributed by atoms with Gasteiger partial charge in [0.2, 0.25) is 11.7 Å². The molecule has 0 heterocycles. The van der Waals surface area contributed by atoms with Crippen LogP contribution in [-0.2, 0) is 20.7 Å². The molecule has 0 aliphatic carbocycles. The predicted molar refractivity (Wildman–Crippen MR) is 100 cm³/mol. The molecule has 0 aliphatic heterocycles. The van der Waals surface area contributed by atoms with E-state index in [-0.39, 0.29) is 18.1 Å². The van der Waals surface area contributed by atoms with Crippen molar-refractivity contribution >= 4 is 23.3 Å². The lowest BCUT2D eigenvalue weighted by molar-refractivity contribution is -0.145. The highest BCUT2D eigenvalue weighted by Crippen LogP contribution is 2.14. The molecule has 0 spiro atoms. The maximum Gasteiger partial charge on any atom is 0.310 e. The van der Waals surface area contributed by atoms with Crippen LogP contribution in [0.2, 0.25) is 0 Å². The molecule has 0 saturated heterocycles. The molecule has 0 radical (unpaired) electrons. The first-order valence-corrected chi connectivity index (χ1v) is 8.43. The molecule has 5 heteroatoms. The molecular formula is C21H23NO4. The Kier molecular flexibility index (Phi) is 6.28. The number of benzene rings is 2. The van der Waals surface area contributed by atoms with Gasteiger partial charge in [0.15, 0.2) is 6.10 Å². The summed E-state index contributed by atoms with van der Waals surface area (Å²) in [6.45, 7) is 6.92. The van der Waals surface area contributed by atoms with E-state index in [4.69, 9.17) is 4.74 Å². The number of hydrogen-bond donors (Lipinski definition) is 1. The summed E-state index contributed by atoms with van der Waals surface area (Å²) >= 11 is 0. The fourth-order valence-corrected chi connectivity index (χ4v) is 2.50. The monoisotopic (exact) mass is 353 g/mol. The first-order valence-electron chi connectivity index (χ1n) is 8.43. The van der Waals surface area contributed by atoms with E-state index in [1.165, 1.54) is 6.92 Å². The molecule has 1 N–H and O–H groups in total. The van der Waals surface area contributed by atoms with Gasteiger partial charge in [-0.3, -0.25) is 14.4 Å². The van der Waals surface area contributed by atoms with Gasteiger partial charge in [0.1, 0.15) is 0 Å². The lowest BCUT2D eigenvalue weighted by Gasteiger charge is -2.13. The first kappa shape index (κ1) is 19.4. The van der Waals surface area contributed by atoms with Crippen molar-refractivity contribution in [2.75, 3.05) is 5.32 Å². The Hall–Kier alpha value is -2.95. The van der Waals surface area contributed by atoms with Gasteiger partial charge in [-0.2, -0.15) is 0 Å². The molecule has 26 heavy (non-hydrogen) atoms. The molecule has 0 aromatic heterocycles. The second-order valence-electron chi connectivity index (χ2n) is 6.35. The zero-order chi connectivity index (χ0) is 19.3. The Morgan fingerprint density at radius 2 is 1.65 bits per heavy atom. The minimum Gasteiger partial charge on any atom is -0.454 e. The molecule has 2 aromatic rings. The average Bonchev–Trinajstić information content (AvgIpc) is 2.58. The highest BCUT2D eigenvalue weighted by atomic mass is 16.5. The summed E-state index contributed by atoms with van der Waals surface area (Å²) in [4.78, 5) is 35.5. The zero-order valence-electron chi connectivity index (χ0n) is 15.5. The number of aryl methyl sites for hydroxylation is 2. The van der Waals surface area contributed by atoms with Crippen LogP contribution in [0.4, 0.5) is 5.69 Å². The molecule has 0 aliphatic rings. The van der Waals surface area contributed by atoms with Crippen LogP contribution in [-0.4, -0.2) is 23.8 Å². The van der Waals surface area contributed by atoms with Gasteiger partial charge in [0.25, 0.3) is 0 Å². The predicted octanol–water partition coefficient (Wildman–Crippen LogP) is 3.62. The second kappa shape index (κ2) is 8.43. The summed E-state index contributed by atoms with van der Waals surface area (Å²) in [6, 6.07) is 12.3. The number of nitrogens with one attached hydrogen (secondary N) is 1. The summed E-state index contributed by atoms with van der Waals surface area (Å²) in [5.41, 5.74) is 4.07. The largest absolute Gasteiger partial charge is 0.454 e. The van der Waals surface area contributed by atoms with E-state index in [0.717, 1.165) is 16.7 Å². The summed E-state index contributed by atoms with van der Waals surface area (Å²) in [6.07, 6.45) is -0.784. The number of ether oxygens (including phenoxy) is 1. The van der Waals surface area contributed by atoms with Crippen molar-refractivity contribution in [2.24, 2.45) is 0 Å². The van der Waals surface area contributed by atoms with Crippen molar-refractivity contribution in [1.29, 1.82) is 0 Å². The third kappa shape index (κ3) is 5.28. The summed E-state index contributed by atoms with van der Waals surface area (Å²) < 4.78 is 5.28. The standard InChI is InChI=1S/C21H23NO4/c1-13-5-8-18(11-14(13)2)21(25)15(3)26-20(24)12-17-6-9-19(10-7-17)22-16(4)23/h5-11,15H,12H2,1-4H3,(H,22,23). The molecule has 1 atom stereocenters. The van der Waals surface area contributed by atoms with E-state index in [2.05, 4.69) is 5.32 Å². The number of carbonyl (C=O) groups excluding carboxylic acids is 3. The van der Waals surface area contributed by atoms with Gasteiger partial charge in [-0.15, -0.1) is 0 Å². The maximum atomic E-state index is 12.4. The van der Waals surface area contributed by atoms with Gasteiger partial charge >= 0.3 is 5.97 Å². The lowest BCUT2D eigenvalue weighted by atomic mass is 10.0. The third-order valence-electron chi connectivity index (χ3n) is 4.09. The Labute approximate surface area is 153 Å². The third-order valence-corrected chi connectivity index (χ3v) is 4.09. The number of ketones is 1. The molecule has 2 rings (SSSR count). The van der Waals surface area contributed by atoms with Gasteiger partial charge in [-0.05, 0) is 55.7 Å². The molecule has 0 fully saturated rings. The molecule has 0 saturated carbocycles.